The lowest BCUT2D eigenvalue weighted by Crippen LogP contribution is -2.12. The van der Waals surface area contributed by atoms with Gasteiger partial charge in [-0.3, -0.25) is 0 Å². The second kappa shape index (κ2) is 2.93. The van der Waals surface area contributed by atoms with Gasteiger partial charge in [-0.05, 0) is 0 Å². The summed E-state index contributed by atoms with van der Waals surface area (Å²) >= 11 is 0. The summed E-state index contributed by atoms with van der Waals surface area (Å²) in [6.07, 6.45) is 0.304. The fourth-order valence-corrected chi connectivity index (χ4v) is 0.278. The highest BCUT2D eigenvalue weighted by Gasteiger charge is 2.17. The molecule has 44 valence electrons. The average molecular weight is 115 g/mol. The minimum absolute atomic E-state index is 0.106. The molecule has 0 amide bonds. The third kappa shape index (κ3) is 1.53. The van der Waals surface area contributed by atoms with E-state index in [2.05, 4.69) is 4.79 Å². The van der Waals surface area contributed by atoms with E-state index in [1.54, 1.807) is 6.92 Å². The lowest BCUT2D eigenvalue weighted by atomic mass is 10.3. The molecule has 0 aromatic heterocycles. The highest BCUT2D eigenvalue weighted by Crippen LogP contribution is 1.77. The maximum absolute atomic E-state index is 9.91. The van der Waals surface area contributed by atoms with Crippen molar-refractivity contribution >= 4 is 11.7 Å². The summed E-state index contributed by atoms with van der Waals surface area (Å²) in [7, 11) is 0. The molecule has 0 bridgehead atoms. The third-order valence-electron chi connectivity index (χ3n) is 0.717. The molecule has 0 heterocycles. The molecular formula is C4H7N2O2+. The van der Waals surface area contributed by atoms with Gasteiger partial charge in [0.1, 0.15) is 0 Å². The topological polar surface area (TPSA) is 75.2 Å². The minimum atomic E-state index is -1.11. The second-order valence-corrected chi connectivity index (χ2v) is 1.22. The van der Waals surface area contributed by atoms with Crippen molar-refractivity contribution in [3.63, 3.8) is 0 Å². The van der Waals surface area contributed by atoms with E-state index in [4.69, 9.17) is 10.6 Å². The van der Waals surface area contributed by atoms with Crippen LogP contribution >= 0.6 is 0 Å². The van der Waals surface area contributed by atoms with E-state index in [-0.39, 0.29) is 5.71 Å². The van der Waals surface area contributed by atoms with Gasteiger partial charge in [0.15, 0.2) is 0 Å². The van der Waals surface area contributed by atoms with E-state index in [1.165, 1.54) is 0 Å². The number of nitrogens with one attached hydrogen (secondary N) is 1. The van der Waals surface area contributed by atoms with E-state index in [0.29, 0.717) is 6.42 Å². The fraction of sp³-hybridized carbons (Fsp3) is 0.500. The fourth-order valence-electron chi connectivity index (χ4n) is 0.278. The summed E-state index contributed by atoms with van der Waals surface area (Å²) in [4.78, 5) is 12.7. The Morgan fingerprint density at radius 1 is 1.88 bits per heavy atom. The normalized spacial score (nSPS) is 7.62. The van der Waals surface area contributed by atoms with Crippen molar-refractivity contribution in [3.8, 4) is 0 Å². The smallest absolute Gasteiger partial charge is 0.424 e. The first kappa shape index (κ1) is 6.85. The SMILES string of the molecule is CCC(=[N+]=N)C(=O)O. The standard InChI is InChI=1S/C4H6N2O2/c1-2-3(6-5)4(7)8/h5H,2H2,1H3/p+1. The molecule has 0 saturated heterocycles. The Kier molecular flexibility index (Phi) is 2.51. The number of nitrogens with zero attached hydrogens (tertiary/aromatic N) is 1. The molecule has 0 aromatic carbocycles. The van der Waals surface area contributed by atoms with Gasteiger partial charge in [-0.1, -0.05) is 6.92 Å². The number of carbonyl (C=O) groups is 1. The predicted molar refractivity (Wildman–Crippen MR) is 25.9 cm³/mol. The van der Waals surface area contributed by atoms with Crippen molar-refractivity contribution in [3.05, 3.63) is 0 Å². The Hall–Kier alpha value is -1.15. The zero-order valence-corrected chi connectivity index (χ0v) is 4.51. The molecule has 0 aromatic rings. The number of carboxylic acid groups (broad SMARTS) is 1. The molecule has 0 aliphatic carbocycles. The Bertz CT molecular complexity index is 146. The van der Waals surface area contributed by atoms with Crippen LogP contribution in [0.2, 0.25) is 0 Å². The average Bonchev–Trinajstić information content (AvgIpc) is 1.69. The van der Waals surface area contributed by atoms with Gasteiger partial charge in [0.05, 0.1) is 16.7 Å². The van der Waals surface area contributed by atoms with Crippen molar-refractivity contribution in [2.24, 2.45) is 0 Å². The van der Waals surface area contributed by atoms with E-state index in [9.17, 15) is 4.79 Å². The van der Waals surface area contributed by atoms with Crippen LogP contribution in [0.1, 0.15) is 13.3 Å². The second-order valence-electron chi connectivity index (χ2n) is 1.22. The van der Waals surface area contributed by atoms with E-state index >= 15 is 0 Å². The lowest BCUT2D eigenvalue weighted by molar-refractivity contribution is -0.149. The third-order valence-corrected chi connectivity index (χ3v) is 0.717. The molecular weight excluding hydrogens is 108 g/mol. The number of hydrogen-bond acceptors (Lipinski definition) is 2. The summed E-state index contributed by atoms with van der Waals surface area (Å²) in [5, 5.41) is 8.12. The van der Waals surface area contributed by atoms with Gasteiger partial charge in [-0.15, -0.1) is 0 Å². The number of aliphatic carboxylic acids is 1. The number of carboxylic acids is 1. The summed E-state index contributed by atoms with van der Waals surface area (Å²) in [5.74, 6) is -1.11. The Labute approximate surface area is 46.4 Å². The maximum Gasteiger partial charge on any atom is 0.424 e. The summed E-state index contributed by atoms with van der Waals surface area (Å²) < 4.78 is 0. The highest BCUT2D eigenvalue weighted by atomic mass is 16.4. The minimum Gasteiger partial charge on any atom is -0.473 e. The molecule has 0 atom stereocenters. The molecule has 0 aliphatic rings. The molecule has 2 N–H and O–H groups in total. The maximum atomic E-state index is 9.91. The van der Waals surface area contributed by atoms with E-state index in [0.717, 1.165) is 0 Å². The Morgan fingerprint density at radius 2 is 2.38 bits per heavy atom. The molecule has 8 heavy (non-hydrogen) atoms. The first-order chi connectivity index (χ1) is 3.72. The molecule has 0 aliphatic heterocycles. The van der Waals surface area contributed by atoms with Gasteiger partial charge < -0.3 is 5.11 Å². The molecule has 0 saturated carbocycles. The van der Waals surface area contributed by atoms with Crippen LogP contribution < -0.4 is 0 Å². The van der Waals surface area contributed by atoms with E-state index < -0.39 is 5.97 Å². The summed E-state index contributed by atoms with van der Waals surface area (Å²) in [5.41, 5.74) is 6.19. The molecule has 0 rings (SSSR count). The first-order valence-electron chi connectivity index (χ1n) is 2.19. The molecule has 4 heteroatoms. The first-order valence-corrected chi connectivity index (χ1v) is 2.19. The molecule has 0 spiro atoms. The van der Waals surface area contributed by atoms with Crippen LogP contribution in [0.5, 0.6) is 0 Å². The highest BCUT2D eigenvalue weighted by molar-refractivity contribution is 6.32. The van der Waals surface area contributed by atoms with Crippen molar-refractivity contribution in [1.82, 2.24) is 0 Å². The molecule has 4 nitrogen and oxygen atoms in total. The van der Waals surface area contributed by atoms with Gasteiger partial charge in [0.2, 0.25) is 0 Å². The van der Waals surface area contributed by atoms with Crippen LogP contribution in [0.15, 0.2) is 0 Å². The summed E-state index contributed by atoms with van der Waals surface area (Å²) in [6.45, 7) is 1.64. The van der Waals surface area contributed by atoms with Crippen molar-refractivity contribution in [1.29, 1.82) is 5.53 Å². The van der Waals surface area contributed by atoms with Gasteiger partial charge >= 0.3 is 11.7 Å². The molecule has 0 radical (unpaired) electrons. The van der Waals surface area contributed by atoms with Crippen LogP contribution in [0.3, 0.4) is 0 Å². The van der Waals surface area contributed by atoms with Gasteiger partial charge in [0.25, 0.3) is 0 Å². The monoisotopic (exact) mass is 115 g/mol. The van der Waals surface area contributed by atoms with Gasteiger partial charge in [-0.25, -0.2) is 4.79 Å². The zero-order valence-electron chi connectivity index (χ0n) is 4.51. The van der Waals surface area contributed by atoms with Gasteiger partial charge in [0, 0.05) is 0 Å². The number of hydrogen-bond donors (Lipinski definition) is 2. The van der Waals surface area contributed by atoms with Crippen LogP contribution in [0.25, 0.3) is 0 Å². The largest absolute Gasteiger partial charge is 0.473 e. The lowest BCUT2D eigenvalue weighted by Gasteiger charge is -1.73. The molecule has 0 fully saturated rings. The van der Waals surface area contributed by atoms with Crippen LogP contribution in [-0.2, 0) is 4.79 Å². The van der Waals surface area contributed by atoms with Crippen molar-refractivity contribution in [2.75, 3.05) is 0 Å². The van der Waals surface area contributed by atoms with E-state index in [1.807, 2.05) is 0 Å². The Balaban J connectivity index is 4.14. The van der Waals surface area contributed by atoms with Crippen molar-refractivity contribution < 1.29 is 14.7 Å². The van der Waals surface area contributed by atoms with Gasteiger partial charge in [-0.2, -0.15) is 0 Å². The zero-order chi connectivity index (χ0) is 6.57. The quantitative estimate of drug-likeness (QED) is 0.305. The van der Waals surface area contributed by atoms with Crippen LogP contribution in [0, 0.1) is 5.53 Å². The Morgan fingerprint density at radius 3 is 2.38 bits per heavy atom. The summed E-state index contributed by atoms with van der Waals surface area (Å²) in [6, 6.07) is 0. The molecule has 0 unspecified atom stereocenters. The van der Waals surface area contributed by atoms with Crippen LogP contribution in [-0.4, -0.2) is 21.6 Å². The van der Waals surface area contributed by atoms with Crippen molar-refractivity contribution in [2.45, 2.75) is 13.3 Å². The predicted octanol–water partition coefficient (Wildman–Crippen LogP) is 0.161. The van der Waals surface area contributed by atoms with Crippen LogP contribution in [0.4, 0.5) is 0 Å². The number of rotatable bonds is 2.